The molecule has 0 atom stereocenters. The number of amides is 1. The lowest BCUT2D eigenvalue weighted by molar-refractivity contribution is 0.0954. The van der Waals surface area contributed by atoms with Crippen molar-refractivity contribution < 1.29 is 13.2 Å². The monoisotopic (exact) mass is 572 g/mol. The van der Waals surface area contributed by atoms with E-state index in [-0.39, 0.29) is 22.9 Å². The summed E-state index contributed by atoms with van der Waals surface area (Å²) in [7, 11) is -3.73. The summed E-state index contributed by atoms with van der Waals surface area (Å²) in [6.45, 7) is 0.652. The molecule has 4 N–H and O–H groups in total. The molecule has 0 aliphatic rings. The highest BCUT2D eigenvalue weighted by molar-refractivity contribution is 9.10. The number of hydrogen-bond acceptors (Lipinski definition) is 5. The predicted molar refractivity (Wildman–Crippen MR) is 140 cm³/mol. The van der Waals surface area contributed by atoms with Crippen molar-refractivity contribution in [1.82, 2.24) is 14.9 Å². The number of halogens is 1. The number of primary sulfonamides is 1. The first-order chi connectivity index (χ1) is 16.6. The molecule has 0 aliphatic carbocycles. The fraction of sp³-hybridized carbons (Fsp3) is 0.125. The largest absolute Gasteiger partial charge is 0.352 e. The number of hydrogen-bond donors (Lipinski definition) is 3. The standard InChI is InChI=1S/C24H21BrN4O4S2/c25-18-7-10-21-20(13-18)23(31)29(24(34)28-21)14-16-1-5-17(6-2-16)22(30)27-12-11-15-3-8-19(9-4-15)35(26,32)33/h1-10,13H,11-12,14H2,(H,27,30)(H,28,34)(H2,26,32,33). The molecule has 0 fully saturated rings. The van der Waals surface area contributed by atoms with Crippen LogP contribution in [0.5, 0.6) is 0 Å². The molecular formula is C24H21BrN4O4S2. The van der Waals surface area contributed by atoms with Gasteiger partial charge in [-0.1, -0.05) is 40.2 Å². The number of carbonyl (C=O) groups excluding carboxylic acids is 1. The van der Waals surface area contributed by atoms with Crippen molar-refractivity contribution in [1.29, 1.82) is 0 Å². The van der Waals surface area contributed by atoms with Crippen LogP contribution >= 0.6 is 28.1 Å². The second kappa shape index (κ2) is 10.2. The molecule has 0 unspecified atom stereocenters. The minimum atomic E-state index is -3.73. The van der Waals surface area contributed by atoms with E-state index in [4.69, 9.17) is 17.4 Å². The zero-order chi connectivity index (χ0) is 25.2. The molecule has 8 nitrogen and oxygen atoms in total. The molecule has 0 aliphatic heterocycles. The highest BCUT2D eigenvalue weighted by Crippen LogP contribution is 2.16. The van der Waals surface area contributed by atoms with Crippen molar-refractivity contribution in [3.05, 3.63) is 103 Å². The van der Waals surface area contributed by atoms with Crippen LogP contribution in [0.3, 0.4) is 0 Å². The number of nitrogens with one attached hydrogen (secondary N) is 2. The van der Waals surface area contributed by atoms with Crippen molar-refractivity contribution in [3.8, 4) is 0 Å². The lowest BCUT2D eigenvalue weighted by Crippen LogP contribution is -2.26. The summed E-state index contributed by atoms with van der Waals surface area (Å²) in [5.74, 6) is -0.234. The molecule has 1 aromatic heterocycles. The van der Waals surface area contributed by atoms with Crippen LogP contribution in [0.2, 0.25) is 0 Å². The van der Waals surface area contributed by atoms with E-state index in [9.17, 15) is 18.0 Å². The Balaban J connectivity index is 1.39. The summed E-state index contributed by atoms with van der Waals surface area (Å²) in [6, 6.07) is 18.6. The molecule has 35 heavy (non-hydrogen) atoms. The summed E-state index contributed by atoms with van der Waals surface area (Å²) in [5, 5.41) is 8.47. The zero-order valence-electron chi connectivity index (χ0n) is 18.3. The third-order valence-electron chi connectivity index (χ3n) is 5.45. The summed E-state index contributed by atoms with van der Waals surface area (Å²) >= 11 is 8.76. The van der Waals surface area contributed by atoms with Gasteiger partial charge in [-0.15, -0.1) is 0 Å². The number of fused-ring (bicyclic) bond motifs is 1. The Bertz CT molecular complexity index is 1630. The average Bonchev–Trinajstić information content (AvgIpc) is 2.82. The second-order valence-corrected chi connectivity index (χ2v) is 10.8. The molecule has 3 aromatic carbocycles. The maximum atomic E-state index is 12.9. The Morgan fingerprint density at radius 3 is 2.34 bits per heavy atom. The average molecular weight is 573 g/mol. The molecule has 11 heteroatoms. The van der Waals surface area contributed by atoms with E-state index in [1.54, 1.807) is 48.5 Å². The highest BCUT2D eigenvalue weighted by Gasteiger charge is 2.10. The molecule has 1 amide bonds. The Labute approximate surface area is 215 Å². The molecule has 1 heterocycles. The molecule has 0 bridgehead atoms. The molecular weight excluding hydrogens is 552 g/mol. The molecule has 4 rings (SSSR count). The molecule has 180 valence electrons. The normalized spacial score (nSPS) is 11.5. The van der Waals surface area contributed by atoms with Crippen LogP contribution in [0.1, 0.15) is 21.5 Å². The van der Waals surface area contributed by atoms with Crippen LogP contribution < -0.4 is 16.0 Å². The lowest BCUT2D eigenvalue weighted by Gasteiger charge is -2.10. The van der Waals surface area contributed by atoms with E-state index in [1.807, 2.05) is 6.07 Å². The van der Waals surface area contributed by atoms with Crippen LogP contribution in [-0.2, 0) is 23.0 Å². The maximum absolute atomic E-state index is 12.9. The summed E-state index contributed by atoms with van der Waals surface area (Å²) in [5.41, 5.74) is 2.67. The molecule has 0 saturated heterocycles. The number of aromatic amines is 1. The number of nitrogens with zero attached hydrogens (tertiary/aromatic N) is 1. The number of carbonyl (C=O) groups is 1. The van der Waals surface area contributed by atoms with Crippen LogP contribution in [0.15, 0.2) is 80.9 Å². The van der Waals surface area contributed by atoms with E-state index >= 15 is 0 Å². The van der Waals surface area contributed by atoms with Gasteiger partial charge in [0.05, 0.1) is 22.3 Å². The number of aromatic nitrogens is 2. The topological polar surface area (TPSA) is 127 Å². The number of sulfonamides is 1. The van der Waals surface area contributed by atoms with Gasteiger partial charge in [-0.3, -0.25) is 14.2 Å². The number of nitrogens with two attached hydrogens (primary N) is 1. The van der Waals surface area contributed by atoms with Crippen LogP contribution in [0, 0.1) is 4.77 Å². The van der Waals surface area contributed by atoms with E-state index in [0.717, 1.165) is 15.6 Å². The Morgan fingerprint density at radius 2 is 1.69 bits per heavy atom. The van der Waals surface area contributed by atoms with Gasteiger partial charge in [0.1, 0.15) is 0 Å². The van der Waals surface area contributed by atoms with E-state index in [1.165, 1.54) is 16.7 Å². The quantitative estimate of drug-likeness (QED) is 0.292. The van der Waals surface area contributed by atoms with E-state index < -0.39 is 10.0 Å². The number of H-pyrrole nitrogens is 1. The van der Waals surface area contributed by atoms with Gasteiger partial charge < -0.3 is 10.3 Å². The third-order valence-corrected chi connectivity index (χ3v) is 7.20. The van der Waals surface area contributed by atoms with Gasteiger partial charge in [-0.25, -0.2) is 13.6 Å². The van der Waals surface area contributed by atoms with E-state index in [2.05, 4.69) is 26.2 Å². The number of benzene rings is 3. The summed E-state index contributed by atoms with van der Waals surface area (Å²) in [6.07, 6.45) is 0.536. The summed E-state index contributed by atoms with van der Waals surface area (Å²) in [4.78, 5) is 28.6. The smallest absolute Gasteiger partial charge is 0.262 e. The first kappa shape index (κ1) is 25.0. The van der Waals surface area contributed by atoms with Crippen molar-refractivity contribution in [3.63, 3.8) is 0 Å². The maximum Gasteiger partial charge on any atom is 0.262 e. The second-order valence-electron chi connectivity index (χ2n) is 7.90. The highest BCUT2D eigenvalue weighted by atomic mass is 79.9. The summed E-state index contributed by atoms with van der Waals surface area (Å²) < 4.78 is 25.3. The van der Waals surface area contributed by atoms with Crippen molar-refractivity contribution in [2.24, 2.45) is 5.14 Å². The van der Waals surface area contributed by atoms with Crippen molar-refractivity contribution >= 4 is 55.0 Å². The van der Waals surface area contributed by atoms with Gasteiger partial charge in [0.25, 0.3) is 11.5 Å². The van der Waals surface area contributed by atoms with Gasteiger partial charge in [0, 0.05) is 16.6 Å². The van der Waals surface area contributed by atoms with Gasteiger partial charge in [-0.05, 0) is 72.2 Å². The van der Waals surface area contributed by atoms with Gasteiger partial charge in [-0.2, -0.15) is 0 Å². The Morgan fingerprint density at radius 1 is 1.03 bits per heavy atom. The van der Waals surface area contributed by atoms with Gasteiger partial charge in [0.2, 0.25) is 10.0 Å². The minimum Gasteiger partial charge on any atom is -0.352 e. The van der Waals surface area contributed by atoms with Crippen LogP contribution in [0.4, 0.5) is 0 Å². The SMILES string of the molecule is NS(=O)(=O)c1ccc(CCNC(=O)c2ccc(Cn3c(=S)[nH]c4ccc(Br)cc4c3=O)cc2)cc1. The molecule has 4 aromatic rings. The lowest BCUT2D eigenvalue weighted by atomic mass is 10.1. The third kappa shape index (κ3) is 5.93. The zero-order valence-corrected chi connectivity index (χ0v) is 21.5. The Kier molecular flexibility index (Phi) is 7.31. The van der Waals surface area contributed by atoms with Crippen molar-refractivity contribution in [2.45, 2.75) is 17.9 Å². The predicted octanol–water partition coefficient (Wildman–Crippen LogP) is 3.49. The van der Waals surface area contributed by atoms with Crippen LogP contribution in [0.25, 0.3) is 10.9 Å². The van der Waals surface area contributed by atoms with Gasteiger partial charge in [0.15, 0.2) is 4.77 Å². The first-order valence-electron chi connectivity index (χ1n) is 10.5. The van der Waals surface area contributed by atoms with E-state index in [0.29, 0.717) is 34.2 Å². The minimum absolute atomic E-state index is 0.0465. The van der Waals surface area contributed by atoms with Gasteiger partial charge >= 0.3 is 0 Å². The molecule has 0 saturated carbocycles. The fourth-order valence-corrected chi connectivity index (χ4v) is 4.71. The Hall–Kier alpha value is -3.12. The van der Waals surface area contributed by atoms with Crippen LogP contribution in [-0.4, -0.2) is 30.4 Å². The molecule has 0 spiro atoms. The first-order valence-corrected chi connectivity index (χ1v) is 13.3. The van der Waals surface area contributed by atoms with Crippen molar-refractivity contribution in [2.75, 3.05) is 6.54 Å². The number of rotatable bonds is 7. The fourth-order valence-electron chi connectivity index (χ4n) is 3.58. The molecule has 0 radical (unpaired) electrons.